The number of hydrogen-bond acceptors (Lipinski definition) is 4. The van der Waals surface area contributed by atoms with Gasteiger partial charge in [-0.2, -0.15) is 4.98 Å². The van der Waals surface area contributed by atoms with Crippen LogP contribution in [0.1, 0.15) is 48.9 Å². The highest BCUT2D eigenvalue weighted by atomic mass is 16.5. The number of hydrogen-bond donors (Lipinski definition) is 1. The van der Waals surface area contributed by atoms with E-state index in [1.54, 1.807) is 0 Å². The number of rotatable bonds is 3. The molecule has 2 N–H and O–H groups in total. The van der Waals surface area contributed by atoms with E-state index in [-0.39, 0.29) is 0 Å². The van der Waals surface area contributed by atoms with Crippen LogP contribution in [-0.4, -0.2) is 10.1 Å². The van der Waals surface area contributed by atoms with Crippen molar-refractivity contribution in [2.45, 2.75) is 31.6 Å². The molecule has 3 rings (SSSR count). The minimum Gasteiger partial charge on any atom is -0.399 e. The van der Waals surface area contributed by atoms with Crippen LogP contribution in [0.4, 0.5) is 5.69 Å². The first-order chi connectivity index (χ1) is 9.31. The molecule has 4 nitrogen and oxygen atoms in total. The van der Waals surface area contributed by atoms with E-state index < -0.39 is 0 Å². The van der Waals surface area contributed by atoms with Crippen molar-refractivity contribution in [2.75, 3.05) is 5.73 Å². The van der Waals surface area contributed by atoms with E-state index >= 15 is 0 Å². The van der Waals surface area contributed by atoms with Gasteiger partial charge in [-0.1, -0.05) is 30.1 Å². The standard InChI is InChI=1S/C15H17N3O/c16-13-7-3-4-11(10-13)8-9-14-17-15(18-19-14)12-5-1-2-6-12/h3-4,7-10,12H,1-2,5-6,16H2/b9-8+. The second kappa shape index (κ2) is 5.26. The summed E-state index contributed by atoms with van der Waals surface area (Å²) < 4.78 is 5.25. The summed E-state index contributed by atoms with van der Waals surface area (Å²) in [6, 6.07) is 7.68. The van der Waals surface area contributed by atoms with Crippen LogP contribution in [0.2, 0.25) is 0 Å². The lowest BCUT2D eigenvalue weighted by Gasteiger charge is -1.99. The smallest absolute Gasteiger partial charge is 0.250 e. The van der Waals surface area contributed by atoms with Crippen LogP contribution >= 0.6 is 0 Å². The van der Waals surface area contributed by atoms with Crippen LogP contribution in [0, 0.1) is 0 Å². The molecule has 0 saturated heterocycles. The third kappa shape index (κ3) is 2.84. The van der Waals surface area contributed by atoms with E-state index in [1.165, 1.54) is 25.7 Å². The maximum Gasteiger partial charge on any atom is 0.250 e. The molecule has 1 fully saturated rings. The Morgan fingerprint density at radius 2 is 2.05 bits per heavy atom. The van der Waals surface area contributed by atoms with Gasteiger partial charge in [0, 0.05) is 17.7 Å². The molecule has 2 aromatic rings. The zero-order valence-electron chi connectivity index (χ0n) is 10.7. The summed E-state index contributed by atoms with van der Waals surface area (Å²) in [4.78, 5) is 4.43. The molecule has 1 aliphatic rings. The molecule has 0 radical (unpaired) electrons. The molecule has 19 heavy (non-hydrogen) atoms. The lowest BCUT2D eigenvalue weighted by molar-refractivity contribution is 0.398. The number of anilines is 1. The van der Waals surface area contributed by atoms with E-state index in [0.717, 1.165) is 17.1 Å². The second-order valence-electron chi connectivity index (χ2n) is 4.98. The van der Waals surface area contributed by atoms with Gasteiger partial charge in [0.2, 0.25) is 0 Å². The van der Waals surface area contributed by atoms with Gasteiger partial charge >= 0.3 is 0 Å². The van der Waals surface area contributed by atoms with E-state index in [9.17, 15) is 0 Å². The van der Waals surface area contributed by atoms with Crippen molar-refractivity contribution in [3.63, 3.8) is 0 Å². The summed E-state index contributed by atoms with van der Waals surface area (Å²) in [5.74, 6) is 1.90. The molecule has 1 aromatic heterocycles. The second-order valence-corrected chi connectivity index (χ2v) is 4.98. The predicted octanol–water partition coefficient (Wildman–Crippen LogP) is 3.48. The van der Waals surface area contributed by atoms with Crippen molar-refractivity contribution in [1.82, 2.24) is 10.1 Å². The van der Waals surface area contributed by atoms with Crippen molar-refractivity contribution in [1.29, 1.82) is 0 Å². The Labute approximate surface area is 112 Å². The zero-order chi connectivity index (χ0) is 13.1. The molecule has 0 aliphatic heterocycles. The van der Waals surface area contributed by atoms with Crippen LogP contribution < -0.4 is 5.73 Å². The molecule has 0 amide bonds. The van der Waals surface area contributed by atoms with Crippen LogP contribution in [0.5, 0.6) is 0 Å². The fraction of sp³-hybridized carbons (Fsp3) is 0.333. The van der Waals surface area contributed by atoms with Crippen LogP contribution in [0.3, 0.4) is 0 Å². The summed E-state index contributed by atoms with van der Waals surface area (Å²) in [7, 11) is 0. The molecule has 0 spiro atoms. The Morgan fingerprint density at radius 1 is 1.21 bits per heavy atom. The number of aromatic nitrogens is 2. The largest absolute Gasteiger partial charge is 0.399 e. The van der Waals surface area contributed by atoms with Crippen molar-refractivity contribution in [2.24, 2.45) is 0 Å². The number of nitrogens with two attached hydrogens (primary N) is 1. The molecule has 0 unspecified atom stereocenters. The normalized spacial score (nSPS) is 16.4. The van der Waals surface area contributed by atoms with Gasteiger partial charge in [0.05, 0.1) is 0 Å². The van der Waals surface area contributed by atoms with Crippen molar-refractivity contribution < 1.29 is 4.52 Å². The third-order valence-electron chi connectivity index (χ3n) is 3.51. The first-order valence-electron chi connectivity index (χ1n) is 6.68. The van der Waals surface area contributed by atoms with Crippen LogP contribution in [-0.2, 0) is 0 Å². The van der Waals surface area contributed by atoms with E-state index in [4.69, 9.17) is 10.3 Å². The Balaban J connectivity index is 1.73. The van der Waals surface area contributed by atoms with Crippen LogP contribution in [0.25, 0.3) is 12.2 Å². The van der Waals surface area contributed by atoms with Gasteiger partial charge in [0.1, 0.15) is 0 Å². The molecule has 1 aromatic carbocycles. The molecule has 4 heteroatoms. The molecule has 0 atom stereocenters. The van der Waals surface area contributed by atoms with Gasteiger partial charge in [0.15, 0.2) is 5.82 Å². The maximum atomic E-state index is 5.73. The average Bonchev–Trinajstić information content (AvgIpc) is 3.07. The Morgan fingerprint density at radius 3 is 2.84 bits per heavy atom. The number of nitrogen functional groups attached to an aromatic ring is 1. The fourth-order valence-corrected chi connectivity index (χ4v) is 2.49. The Kier molecular flexibility index (Phi) is 3.31. The molecule has 1 aliphatic carbocycles. The van der Waals surface area contributed by atoms with Gasteiger partial charge in [-0.15, -0.1) is 0 Å². The summed E-state index contributed by atoms with van der Waals surface area (Å²) in [6.07, 6.45) is 8.67. The number of nitrogens with zero attached hydrogens (tertiary/aromatic N) is 2. The molecule has 1 saturated carbocycles. The first kappa shape index (κ1) is 12.0. The van der Waals surface area contributed by atoms with E-state index in [1.807, 2.05) is 36.4 Å². The molecule has 0 bridgehead atoms. The predicted molar refractivity (Wildman–Crippen MR) is 75.3 cm³/mol. The highest BCUT2D eigenvalue weighted by Gasteiger charge is 2.21. The average molecular weight is 255 g/mol. The van der Waals surface area contributed by atoms with Gasteiger partial charge in [-0.3, -0.25) is 0 Å². The molecular weight excluding hydrogens is 238 g/mol. The van der Waals surface area contributed by atoms with Gasteiger partial charge < -0.3 is 10.3 Å². The minimum absolute atomic E-state index is 0.485. The quantitative estimate of drug-likeness (QED) is 0.853. The van der Waals surface area contributed by atoms with Gasteiger partial charge in [-0.25, -0.2) is 0 Å². The minimum atomic E-state index is 0.485. The molecular formula is C15H17N3O. The SMILES string of the molecule is Nc1cccc(/C=C/c2nc(C3CCCC3)no2)c1. The lowest BCUT2D eigenvalue weighted by Crippen LogP contribution is -1.94. The highest BCUT2D eigenvalue weighted by Crippen LogP contribution is 2.32. The highest BCUT2D eigenvalue weighted by molar-refractivity contribution is 5.67. The van der Waals surface area contributed by atoms with Crippen molar-refractivity contribution in [3.05, 3.63) is 41.5 Å². The fourth-order valence-electron chi connectivity index (χ4n) is 2.49. The van der Waals surface area contributed by atoms with Crippen molar-refractivity contribution in [3.8, 4) is 0 Å². The van der Waals surface area contributed by atoms with Crippen molar-refractivity contribution >= 4 is 17.8 Å². The topological polar surface area (TPSA) is 64.9 Å². The van der Waals surface area contributed by atoms with E-state index in [2.05, 4.69) is 10.1 Å². The number of benzene rings is 1. The molecule has 1 heterocycles. The Bertz CT molecular complexity index is 583. The summed E-state index contributed by atoms with van der Waals surface area (Å²) >= 11 is 0. The van der Waals surface area contributed by atoms with Crippen LogP contribution in [0.15, 0.2) is 28.8 Å². The monoisotopic (exact) mass is 255 g/mol. The maximum absolute atomic E-state index is 5.73. The van der Waals surface area contributed by atoms with Gasteiger partial charge in [-0.05, 0) is 36.6 Å². The first-order valence-corrected chi connectivity index (χ1v) is 6.68. The summed E-state index contributed by atoms with van der Waals surface area (Å²) in [5, 5.41) is 4.07. The lowest BCUT2D eigenvalue weighted by atomic mass is 10.1. The zero-order valence-corrected chi connectivity index (χ0v) is 10.7. The Hall–Kier alpha value is -2.10. The molecule has 98 valence electrons. The third-order valence-corrected chi connectivity index (χ3v) is 3.51. The summed E-state index contributed by atoms with van der Waals surface area (Å²) in [5.41, 5.74) is 7.51. The van der Waals surface area contributed by atoms with Gasteiger partial charge in [0.25, 0.3) is 5.89 Å². The van der Waals surface area contributed by atoms with E-state index in [0.29, 0.717) is 11.8 Å². The summed E-state index contributed by atoms with van der Waals surface area (Å²) in [6.45, 7) is 0.